The first-order valence-electron chi connectivity index (χ1n) is 9.34. The van der Waals surface area contributed by atoms with E-state index in [9.17, 15) is 0 Å². The molecule has 0 N–H and O–H groups in total. The van der Waals surface area contributed by atoms with Crippen LogP contribution in [0.5, 0.6) is 0 Å². The highest BCUT2D eigenvalue weighted by Gasteiger charge is 2.25. The highest BCUT2D eigenvalue weighted by Crippen LogP contribution is 2.35. The van der Waals surface area contributed by atoms with Gasteiger partial charge in [-0.25, -0.2) is 15.0 Å². The zero-order chi connectivity index (χ0) is 17.1. The third kappa shape index (κ3) is 4.00. The number of oxazole rings is 1. The molecule has 2 fully saturated rings. The molecule has 4 rings (SSSR count). The van der Waals surface area contributed by atoms with Crippen LogP contribution >= 0.6 is 0 Å². The fourth-order valence-corrected chi connectivity index (χ4v) is 3.58. The lowest BCUT2D eigenvalue weighted by Gasteiger charge is -2.31. The maximum atomic E-state index is 5.67. The summed E-state index contributed by atoms with van der Waals surface area (Å²) < 4.78 is 11.2. The summed E-state index contributed by atoms with van der Waals surface area (Å²) in [6.07, 6.45) is 9.36. The van der Waals surface area contributed by atoms with E-state index in [1.807, 2.05) is 0 Å². The van der Waals surface area contributed by atoms with Gasteiger partial charge in [-0.15, -0.1) is 0 Å². The lowest BCUT2D eigenvalue weighted by molar-refractivity contribution is 0.0569. The van der Waals surface area contributed by atoms with Crippen molar-refractivity contribution in [1.82, 2.24) is 15.0 Å². The van der Waals surface area contributed by atoms with Crippen LogP contribution in [0.2, 0.25) is 0 Å². The number of hydrogen-bond donors (Lipinski definition) is 0. The smallest absolute Gasteiger partial charge is 0.213 e. The van der Waals surface area contributed by atoms with Crippen molar-refractivity contribution < 1.29 is 9.15 Å². The van der Waals surface area contributed by atoms with Gasteiger partial charge in [0, 0.05) is 30.8 Å². The molecule has 0 spiro atoms. The first kappa shape index (κ1) is 16.5. The van der Waals surface area contributed by atoms with E-state index in [1.165, 1.54) is 25.7 Å². The van der Waals surface area contributed by atoms with Crippen LogP contribution in [0.3, 0.4) is 0 Å². The molecule has 6 nitrogen and oxygen atoms in total. The Morgan fingerprint density at radius 3 is 2.80 bits per heavy atom. The van der Waals surface area contributed by atoms with Crippen molar-refractivity contribution in [2.45, 2.75) is 51.5 Å². The van der Waals surface area contributed by atoms with E-state index >= 15 is 0 Å². The molecule has 1 atom stereocenters. The molecule has 0 amide bonds. The Morgan fingerprint density at radius 2 is 2.12 bits per heavy atom. The van der Waals surface area contributed by atoms with Crippen LogP contribution < -0.4 is 4.90 Å². The molecule has 1 aliphatic heterocycles. The number of rotatable bonds is 6. The van der Waals surface area contributed by atoms with Gasteiger partial charge in [-0.1, -0.05) is 6.42 Å². The van der Waals surface area contributed by atoms with Gasteiger partial charge in [-0.05, 0) is 38.5 Å². The van der Waals surface area contributed by atoms with Crippen molar-refractivity contribution in [3.8, 4) is 0 Å². The van der Waals surface area contributed by atoms with E-state index in [-0.39, 0.29) is 0 Å². The summed E-state index contributed by atoms with van der Waals surface area (Å²) in [5.74, 6) is 3.75. The molecule has 2 aromatic rings. The van der Waals surface area contributed by atoms with Crippen molar-refractivity contribution in [3.63, 3.8) is 0 Å². The number of aryl methyl sites for hydroxylation is 1. The lowest BCUT2D eigenvalue weighted by atomic mass is 9.85. The van der Waals surface area contributed by atoms with E-state index < -0.39 is 0 Å². The molecule has 0 aromatic carbocycles. The second-order valence-electron chi connectivity index (χ2n) is 7.24. The maximum Gasteiger partial charge on any atom is 0.213 e. The first-order valence-corrected chi connectivity index (χ1v) is 9.34. The second-order valence-corrected chi connectivity index (χ2v) is 7.24. The first-order chi connectivity index (χ1) is 12.3. The van der Waals surface area contributed by atoms with Crippen molar-refractivity contribution >= 4 is 5.82 Å². The summed E-state index contributed by atoms with van der Waals surface area (Å²) >= 11 is 0. The van der Waals surface area contributed by atoms with E-state index in [4.69, 9.17) is 14.1 Å². The monoisotopic (exact) mass is 342 g/mol. The average molecular weight is 342 g/mol. The number of ether oxygens (including phenoxy) is 1. The van der Waals surface area contributed by atoms with Crippen molar-refractivity contribution in [1.29, 1.82) is 0 Å². The molecule has 1 saturated heterocycles. The molecule has 3 heterocycles. The number of hydrogen-bond acceptors (Lipinski definition) is 6. The van der Waals surface area contributed by atoms with E-state index in [0.29, 0.717) is 18.4 Å². The highest BCUT2D eigenvalue weighted by atomic mass is 16.5. The van der Waals surface area contributed by atoms with Gasteiger partial charge in [0.2, 0.25) is 5.89 Å². The Labute approximate surface area is 148 Å². The minimum atomic E-state index is 0.520. The molecular formula is C19H26N4O2. The predicted octanol–water partition coefficient (Wildman–Crippen LogP) is 3.47. The lowest BCUT2D eigenvalue weighted by Crippen LogP contribution is -2.34. The Hall–Kier alpha value is -1.95. The van der Waals surface area contributed by atoms with Gasteiger partial charge in [0.05, 0.1) is 19.3 Å². The maximum absolute atomic E-state index is 5.67. The van der Waals surface area contributed by atoms with Gasteiger partial charge in [0.15, 0.2) is 0 Å². The molecule has 25 heavy (non-hydrogen) atoms. The van der Waals surface area contributed by atoms with Crippen molar-refractivity contribution in [2.24, 2.45) is 5.92 Å². The van der Waals surface area contributed by atoms with Gasteiger partial charge in [0.1, 0.15) is 17.9 Å². The molecule has 0 bridgehead atoms. The Morgan fingerprint density at radius 1 is 1.20 bits per heavy atom. The van der Waals surface area contributed by atoms with Crippen molar-refractivity contribution in [3.05, 3.63) is 35.9 Å². The average Bonchev–Trinajstić information content (AvgIpc) is 3.06. The van der Waals surface area contributed by atoms with Crippen LogP contribution in [-0.2, 0) is 11.3 Å². The second kappa shape index (κ2) is 7.52. The third-order valence-corrected chi connectivity index (χ3v) is 5.20. The minimum Gasteiger partial charge on any atom is -0.447 e. The molecule has 0 radical (unpaired) electrons. The molecule has 134 valence electrons. The molecule has 2 aliphatic rings. The zero-order valence-corrected chi connectivity index (χ0v) is 14.9. The van der Waals surface area contributed by atoms with Crippen LogP contribution in [-0.4, -0.2) is 34.7 Å². The quantitative estimate of drug-likeness (QED) is 0.801. The molecule has 2 aromatic heterocycles. The fourth-order valence-electron chi connectivity index (χ4n) is 3.58. The predicted molar refractivity (Wildman–Crippen MR) is 94.5 cm³/mol. The number of nitrogens with zero attached hydrogens (tertiary/aromatic N) is 4. The topological polar surface area (TPSA) is 64.3 Å². The van der Waals surface area contributed by atoms with Crippen LogP contribution in [0.25, 0.3) is 0 Å². The minimum absolute atomic E-state index is 0.520. The van der Waals surface area contributed by atoms with Gasteiger partial charge >= 0.3 is 0 Å². The molecule has 1 saturated carbocycles. The molecule has 6 heteroatoms. The van der Waals surface area contributed by atoms with Crippen LogP contribution in [0.15, 0.2) is 22.9 Å². The highest BCUT2D eigenvalue weighted by molar-refractivity contribution is 5.40. The summed E-state index contributed by atoms with van der Waals surface area (Å²) in [5.41, 5.74) is 1.03. The van der Waals surface area contributed by atoms with E-state index in [2.05, 4.69) is 27.9 Å². The summed E-state index contributed by atoms with van der Waals surface area (Å²) in [6, 6.07) is 2.08. The summed E-state index contributed by atoms with van der Waals surface area (Å²) in [4.78, 5) is 16.2. The Bertz CT molecular complexity index is 679. The van der Waals surface area contributed by atoms with E-state index in [0.717, 1.165) is 49.4 Å². The molecule has 1 aliphatic carbocycles. The van der Waals surface area contributed by atoms with Crippen LogP contribution in [0.1, 0.15) is 55.4 Å². The fraction of sp³-hybridized carbons (Fsp3) is 0.632. The Balaban J connectivity index is 1.58. The van der Waals surface area contributed by atoms with Crippen LogP contribution in [0, 0.1) is 12.8 Å². The summed E-state index contributed by atoms with van der Waals surface area (Å²) in [5, 5.41) is 0. The summed E-state index contributed by atoms with van der Waals surface area (Å²) in [7, 11) is 0. The normalized spacial score (nSPS) is 21.1. The standard InChI is InChI=1S/C19H26N4O2/c1-14-10-17(22-19(21-14)16-5-2-6-16)23(12-18-20-7-9-25-18)11-15-4-3-8-24-13-15/h7,9-10,15-16H,2-6,8,11-13H2,1H3. The number of anilines is 1. The largest absolute Gasteiger partial charge is 0.447 e. The SMILES string of the molecule is Cc1cc(N(Cc2ncco2)CC2CCCOC2)nc(C2CCC2)n1. The number of aromatic nitrogens is 3. The zero-order valence-electron chi connectivity index (χ0n) is 14.9. The Kier molecular flexibility index (Phi) is 4.97. The van der Waals surface area contributed by atoms with Gasteiger partial charge in [0.25, 0.3) is 0 Å². The molecular weight excluding hydrogens is 316 g/mol. The van der Waals surface area contributed by atoms with E-state index in [1.54, 1.807) is 12.5 Å². The van der Waals surface area contributed by atoms with Gasteiger partial charge in [-0.3, -0.25) is 0 Å². The third-order valence-electron chi connectivity index (χ3n) is 5.20. The van der Waals surface area contributed by atoms with Gasteiger partial charge in [-0.2, -0.15) is 0 Å². The van der Waals surface area contributed by atoms with Crippen molar-refractivity contribution in [2.75, 3.05) is 24.7 Å². The van der Waals surface area contributed by atoms with Gasteiger partial charge < -0.3 is 14.1 Å². The molecule has 1 unspecified atom stereocenters. The van der Waals surface area contributed by atoms with Crippen LogP contribution in [0.4, 0.5) is 5.82 Å². The summed E-state index contributed by atoms with van der Waals surface area (Å²) in [6.45, 7) is 5.30.